The Morgan fingerprint density at radius 2 is 1.86 bits per heavy atom. The van der Waals surface area contributed by atoms with Crippen molar-refractivity contribution < 1.29 is 9.18 Å². The third-order valence-electron chi connectivity index (χ3n) is 4.78. The number of para-hydroxylation sites is 1. The summed E-state index contributed by atoms with van der Waals surface area (Å²) in [6.07, 6.45) is 0.986. The van der Waals surface area contributed by atoms with Gasteiger partial charge in [0, 0.05) is 11.3 Å². The van der Waals surface area contributed by atoms with Crippen LogP contribution < -0.4 is 11.2 Å². The van der Waals surface area contributed by atoms with Gasteiger partial charge in [-0.25, -0.2) is 9.07 Å². The molecule has 0 fully saturated rings. The van der Waals surface area contributed by atoms with Gasteiger partial charge in [0.1, 0.15) is 5.82 Å². The molecule has 0 spiro atoms. The van der Waals surface area contributed by atoms with Crippen molar-refractivity contribution in [2.75, 3.05) is 11.2 Å². The van der Waals surface area contributed by atoms with Crippen molar-refractivity contribution in [2.45, 2.75) is 43.5 Å². The van der Waals surface area contributed by atoms with E-state index in [9.17, 15) is 9.18 Å². The second-order valence-corrected chi connectivity index (χ2v) is 8.14. The Morgan fingerprint density at radius 3 is 2.55 bits per heavy atom. The number of thioether (sulfide) groups is 1. The lowest BCUT2D eigenvalue weighted by Crippen LogP contribution is -2.24. The molecule has 2 aromatic carbocycles. The molecule has 152 valence electrons. The number of benzene rings is 2. The summed E-state index contributed by atoms with van der Waals surface area (Å²) >= 11 is 1.21. The molecule has 29 heavy (non-hydrogen) atoms. The van der Waals surface area contributed by atoms with Crippen LogP contribution >= 0.6 is 11.8 Å². The molecule has 8 heteroatoms. The van der Waals surface area contributed by atoms with Gasteiger partial charge in [0.25, 0.3) is 0 Å². The van der Waals surface area contributed by atoms with Crippen LogP contribution in [-0.4, -0.2) is 26.0 Å². The largest absolute Gasteiger partial charge is 0.335 e. The number of halogens is 1. The van der Waals surface area contributed by atoms with E-state index >= 15 is 0 Å². The fraction of sp³-hybridized carbons (Fsp3) is 0.286. The number of hydrogen-bond acceptors (Lipinski definition) is 5. The summed E-state index contributed by atoms with van der Waals surface area (Å²) in [4.78, 5) is 12.7. The molecule has 0 saturated heterocycles. The lowest BCUT2D eigenvalue weighted by molar-refractivity contribution is -0.115. The first-order valence-electron chi connectivity index (χ1n) is 9.43. The van der Waals surface area contributed by atoms with Gasteiger partial charge in [-0.05, 0) is 55.2 Å². The lowest BCUT2D eigenvalue weighted by Gasteiger charge is -2.17. The van der Waals surface area contributed by atoms with Gasteiger partial charge >= 0.3 is 0 Å². The SMILES string of the molecule is CC[C@H](C)c1ccccc1NC(=O)[C@@H](C)Sc1nnc(-c2ccc(F)cc2)n1N. The maximum Gasteiger partial charge on any atom is 0.237 e. The number of nitrogens with two attached hydrogens (primary N) is 1. The molecular formula is C21H24FN5OS. The zero-order valence-electron chi connectivity index (χ0n) is 16.6. The predicted molar refractivity (Wildman–Crippen MR) is 115 cm³/mol. The number of rotatable bonds is 7. The smallest absolute Gasteiger partial charge is 0.237 e. The van der Waals surface area contributed by atoms with Gasteiger partial charge in [-0.2, -0.15) is 0 Å². The molecule has 0 aliphatic carbocycles. The van der Waals surface area contributed by atoms with Crippen LogP contribution in [0, 0.1) is 5.82 Å². The van der Waals surface area contributed by atoms with Gasteiger partial charge in [0.05, 0.1) is 5.25 Å². The van der Waals surface area contributed by atoms with E-state index in [1.165, 1.54) is 28.6 Å². The van der Waals surface area contributed by atoms with Crippen molar-refractivity contribution in [2.24, 2.45) is 0 Å². The highest BCUT2D eigenvalue weighted by Gasteiger charge is 2.21. The average molecular weight is 414 g/mol. The molecule has 2 atom stereocenters. The Hall–Kier alpha value is -2.87. The quantitative estimate of drug-likeness (QED) is 0.442. The number of hydrogen-bond donors (Lipinski definition) is 2. The van der Waals surface area contributed by atoms with Crippen molar-refractivity contribution in [3.05, 3.63) is 59.9 Å². The van der Waals surface area contributed by atoms with E-state index in [0.29, 0.717) is 22.5 Å². The molecule has 6 nitrogen and oxygen atoms in total. The molecule has 3 rings (SSSR count). The lowest BCUT2D eigenvalue weighted by atomic mass is 9.97. The number of nitrogens with zero attached hydrogens (tertiary/aromatic N) is 3. The number of nitrogens with one attached hydrogen (secondary N) is 1. The Balaban J connectivity index is 1.72. The Bertz CT molecular complexity index is 989. The van der Waals surface area contributed by atoms with Crippen molar-refractivity contribution >= 4 is 23.4 Å². The van der Waals surface area contributed by atoms with Gasteiger partial charge < -0.3 is 11.2 Å². The van der Waals surface area contributed by atoms with E-state index in [2.05, 4.69) is 29.4 Å². The second kappa shape index (κ2) is 9.09. The minimum absolute atomic E-state index is 0.142. The fourth-order valence-electron chi connectivity index (χ4n) is 2.86. The van der Waals surface area contributed by atoms with E-state index in [0.717, 1.165) is 17.7 Å². The highest BCUT2D eigenvalue weighted by molar-refractivity contribution is 8.00. The molecule has 1 aromatic heterocycles. The standard InChI is InChI=1S/C21H24FN5OS/c1-4-13(2)17-7-5-6-8-18(17)24-20(28)14(3)29-21-26-25-19(27(21)23)15-9-11-16(22)12-10-15/h5-14H,4,23H2,1-3H3,(H,24,28)/t13-,14+/m0/s1. The third-order valence-corrected chi connectivity index (χ3v) is 5.84. The minimum Gasteiger partial charge on any atom is -0.335 e. The van der Waals surface area contributed by atoms with Gasteiger partial charge in [-0.3, -0.25) is 4.79 Å². The van der Waals surface area contributed by atoms with Crippen molar-refractivity contribution in [1.82, 2.24) is 14.9 Å². The monoisotopic (exact) mass is 413 g/mol. The molecule has 0 radical (unpaired) electrons. The Labute approximate surface area is 173 Å². The van der Waals surface area contributed by atoms with Gasteiger partial charge in [0.2, 0.25) is 11.1 Å². The van der Waals surface area contributed by atoms with Crippen LogP contribution in [0.2, 0.25) is 0 Å². The zero-order chi connectivity index (χ0) is 21.0. The van der Waals surface area contributed by atoms with E-state index < -0.39 is 5.25 Å². The first-order valence-corrected chi connectivity index (χ1v) is 10.3. The van der Waals surface area contributed by atoms with Crippen molar-refractivity contribution in [3.8, 4) is 11.4 Å². The fourth-order valence-corrected chi connectivity index (χ4v) is 3.63. The number of amides is 1. The summed E-state index contributed by atoms with van der Waals surface area (Å²) in [5.41, 5.74) is 2.58. The van der Waals surface area contributed by atoms with E-state index in [1.54, 1.807) is 19.1 Å². The minimum atomic E-state index is -0.437. The highest BCUT2D eigenvalue weighted by atomic mass is 32.2. The normalized spacial score (nSPS) is 13.1. The first-order chi connectivity index (χ1) is 13.9. The van der Waals surface area contributed by atoms with Gasteiger partial charge in [-0.15, -0.1) is 10.2 Å². The molecule has 0 bridgehead atoms. The number of anilines is 1. The molecule has 3 aromatic rings. The first kappa shape index (κ1) is 20.9. The zero-order valence-corrected chi connectivity index (χ0v) is 17.4. The number of carbonyl (C=O) groups excluding carboxylic acids is 1. The summed E-state index contributed by atoms with van der Waals surface area (Å²) < 4.78 is 14.4. The van der Waals surface area contributed by atoms with Crippen LogP contribution in [0.15, 0.2) is 53.7 Å². The Morgan fingerprint density at radius 1 is 1.17 bits per heavy atom. The van der Waals surface area contributed by atoms with Gasteiger partial charge in [0.15, 0.2) is 5.82 Å². The summed E-state index contributed by atoms with van der Waals surface area (Å²) in [5, 5.41) is 11.1. The maximum atomic E-state index is 13.1. The number of nitrogen functional groups attached to an aromatic ring is 1. The van der Waals surface area contributed by atoms with Crippen LogP contribution in [0.4, 0.5) is 10.1 Å². The molecule has 0 saturated carbocycles. The molecule has 1 amide bonds. The van der Waals surface area contributed by atoms with Crippen molar-refractivity contribution in [3.63, 3.8) is 0 Å². The number of carbonyl (C=O) groups is 1. The van der Waals surface area contributed by atoms with E-state index in [-0.39, 0.29) is 11.7 Å². The summed E-state index contributed by atoms with van der Waals surface area (Å²) in [6.45, 7) is 6.05. The second-order valence-electron chi connectivity index (χ2n) is 6.83. The molecule has 0 aliphatic heterocycles. The summed E-state index contributed by atoms with van der Waals surface area (Å²) in [5.74, 6) is 6.37. The van der Waals surface area contributed by atoms with E-state index in [4.69, 9.17) is 5.84 Å². The average Bonchev–Trinajstić information content (AvgIpc) is 3.08. The molecule has 1 heterocycles. The highest BCUT2D eigenvalue weighted by Crippen LogP contribution is 2.29. The topological polar surface area (TPSA) is 85.8 Å². The van der Waals surface area contributed by atoms with E-state index in [1.807, 2.05) is 24.3 Å². The molecule has 3 N–H and O–H groups in total. The van der Waals surface area contributed by atoms with Crippen LogP contribution in [0.25, 0.3) is 11.4 Å². The predicted octanol–water partition coefficient (Wildman–Crippen LogP) is 4.43. The molecule has 0 unspecified atom stereocenters. The summed E-state index contributed by atoms with van der Waals surface area (Å²) in [6, 6.07) is 13.7. The number of aromatic nitrogens is 3. The van der Waals surface area contributed by atoms with Crippen LogP contribution in [0.5, 0.6) is 0 Å². The third kappa shape index (κ3) is 4.76. The van der Waals surface area contributed by atoms with Gasteiger partial charge in [-0.1, -0.05) is 43.8 Å². The molecule has 0 aliphatic rings. The van der Waals surface area contributed by atoms with Crippen LogP contribution in [-0.2, 0) is 4.79 Å². The molecular weight excluding hydrogens is 389 g/mol. The van der Waals surface area contributed by atoms with Crippen molar-refractivity contribution in [1.29, 1.82) is 0 Å². The Kier molecular flexibility index (Phi) is 6.53. The van der Waals surface area contributed by atoms with Crippen LogP contribution in [0.3, 0.4) is 0 Å². The van der Waals surface area contributed by atoms with Crippen LogP contribution in [0.1, 0.15) is 38.7 Å². The maximum absolute atomic E-state index is 13.1. The summed E-state index contributed by atoms with van der Waals surface area (Å²) in [7, 11) is 0.